The van der Waals surface area contributed by atoms with Gasteiger partial charge in [0.1, 0.15) is 12.4 Å². The van der Waals surface area contributed by atoms with Crippen molar-refractivity contribution in [1.82, 2.24) is 9.66 Å². The van der Waals surface area contributed by atoms with Gasteiger partial charge in [-0.25, -0.2) is 4.98 Å². The third kappa shape index (κ3) is 5.73. The fourth-order valence-corrected chi connectivity index (χ4v) is 5.20. The molecule has 1 aliphatic rings. The van der Waals surface area contributed by atoms with Gasteiger partial charge in [-0.2, -0.15) is 9.78 Å². The topological polar surface area (TPSA) is 65.7 Å². The van der Waals surface area contributed by atoms with Gasteiger partial charge in [-0.3, -0.25) is 4.79 Å². The molecule has 1 saturated carbocycles. The van der Waals surface area contributed by atoms with E-state index in [0.717, 1.165) is 35.7 Å². The fraction of sp³-hybridized carbons (Fsp3) is 0.276. The van der Waals surface area contributed by atoms with Gasteiger partial charge in [-0.1, -0.05) is 65.0 Å². The molecule has 0 N–H and O–H groups in total. The summed E-state index contributed by atoms with van der Waals surface area (Å²) in [5, 5.41) is 5.88. The van der Waals surface area contributed by atoms with Crippen molar-refractivity contribution >= 4 is 44.6 Å². The van der Waals surface area contributed by atoms with E-state index in [2.05, 4.69) is 21.0 Å². The second kappa shape index (κ2) is 11.5. The highest BCUT2D eigenvalue weighted by Gasteiger charge is 2.22. The molecule has 4 aromatic rings. The van der Waals surface area contributed by atoms with Gasteiger partial charge in [0.2, 0.25) is 0 Å². The van der Waals surface area contributed by atoms with Crippen LogP contribution in [0.15, 0.2) is 75.0 Å². The first-order valence-corrected chi connectivity index (χ1v) is 13.5. The summed E-state index contributed by atoms with van der Waals surface area (Å²) in [6.45, 7) is 0.331. The van der Waals surface area contributed by atoms with Crippen molar-refractivity contribution in [3.8, 4) is 11.5 Å². The lowest BCUT2D eigenvalue weighted by Crippen LogP contribution is -2.25. The van der Waals surface area contributed by atoms with Crippen LogP contribution in [0.25, 0.3) is 10.9 Å². The Kier molecular flexibility index (Phi) is 7.91. The average Bonchev–Trinajstić information content (AvgIpc) is 2.93. The second-order valence-corrected chi connectivity index (χ2v) is 10.5. The van der Waals surface area contributed by atoms with Gasteiger partial charge >= 0.3 is 0 Å². The van der Waals surface area contributed by atoms with Gasteiger partial charge < -0.3 is 9.47 Å². The summed E-state index contributed by atoms with van der Waals surface area (Å²) in [7, 11) is 1.60. The van der Waals surface area contributed by atoms with Crippen LogP contribution in [0.3, 0.4) is 0 Å². The van der Waals surface area contributed by atoms with E-state index < -0.39 is 0 Å². The minimum atomic E-state index is -0.186. The summed E-state index contributed by atoms with van der Waals surface area (Å²) in [5.74, 6) is 2.03. The number of para-hydroxylation sites is 1. The van der Waals surface area contributed by atoms with Crippen LogP contribution in [-0.2, 0) is 6.61 Å². The van der Waals surface area contributed by atoms with E-state index in [1.54, 1.807) is 19.4 Å². The van der Waals surface area contributed by atoms with E-state index in [9.17, 15) is 4.79 Å². The van der Waals surface area contributed by atoms with Crippen LogP contribution >= 0.6 is 27.5 Å². The van der Waals surface area contributed by atoms with Gasteiger partial charge in [-0.15, -0.1) is 0 Å². The molecule has 6 nitrogen and oxygen atoms in total. The molecule has 1 fully saturated rings. The lowest BCUT2D eigenvalue weighted by Gasteiger charge is -2.22. The van der Waals surface area contributed by atoms with Crippen molar-refractivity contribution in [2.45, 2.75) is 44.6 Å². The van der Waals surface area contributed by atoms with Gasteiger partial charge in [0.15, 0.2) is 11.5 Å². The van der Waals surface area contributed by atoms with Crippen LogP contribution in [0.2, 0.25) is 5.02 Å². The lowest BCUT2D eigenvalue weighted by atomic mass is 9.88. The molecule has 5 rings (SSSR count). The van der Waals surface area contributed by atoms with E-state index in [0.29, 0.717) is 45.4 Å². The maximum atomic E-state index is 13.6. The molecule has 3 aromatic carbocycles. The number of aromatic nitrogens is 2. The Morgan fingerprint density at radius 1 is 1.11 bits per heavy atom. The summed E-state index contributed by atoms with van der Waals surface area (Å²) in [6, 6.07) is 18.7. The first kappa shape index (κ1) is 25.5. The average molecular weight is 581 g/mol. The molecule has 1 aliphatic carbocycles. The van der Waals surface area contributed by atoms with Gasteiger partial charge in [0.05, 0.1) is 24.2 Å². The number of methoxy groups -OCH3 is 1. The standard InChI is InChI=1S/C29H27BrClN3O3/c1-36-26-9-5-8-21(27(26)37-18-19-10-13-23(31)14-11-19)17-32-34-28(20-6-3-2-4-7-20)33-25-15-12-22(30)16-24(25)29(34)35/h5,8-17,20H,2-4,6-7,18H2,1H3. The molecule has 0 aliphatic heterocycles. The quantitative estimate of drug-likeness (QED) is 0.215. The molecule has 8 heteroatoms. The summed E-state index contributed by atoms with van der Waals surface area (Å²) in [4.78, 5) is 18.5. The highest BCUT2D eigenvalue weighted by molar-refractivity contribution is 9.10. The number of rotatable bonds is 7. The Morgan fingerprint density at radius 3 is 2.65 bits per heavy atom. The Hall–Kier alpha value is -3.16. The number of halogens is 2. The van der Waals surface area contributed by atoms with E-state index in [-0.39, 0.29) is 11.5 Å². The van der Waals surface area contributed by atoms with Crippen LogP contribution in [0.1, 0.15) is 55.0 Å². The molecule has 1 aromatic heterocycles. The fourth-order valence-electron chi connectivity index (χ4n) is 4.71. The molecule has 0 radical (unpaired) electrons. The maximum absolute atomic E-state index is 13.6. The van der Waals surface area contributed by atoms with Crippen molar-refractivity contribution in [1.29, 1.82) is 0 Å². The van der Waals surface area contributed by atoms with Crippen molar-refractivity contribution in [3.63, 3.8) is 0 Å². The number of hydrogen-bond donors (Lipinski definition) is 0. The molecular formula is C29H27BrClN3O3. The van der Waals surface area contributed by atoms with Gasteiger partial charge in [0.25, 0.3) is 5.56 Å². The summed E-state index contributed by atoms with van der Waals surface area (Å²) in [5.41, 5.74) is 2.17. The first-order valence-electron chi connectivity index (χ1n) is 12.3. The SMILES string of the molecule is COc1cccc(C=Nn2c(C3CCCCC3)nc3ccc(Br)cc3c2=O)c1OCc1ccc(Cl)cc1. The van der Waals surface area contributed by atoms with Gasteiger partial charge in [-0.05, 0) is 60.9 Å². The number of hydrogen-bond acceptors (Lipinski definition) is 5. The van der Waals surface area contributed by atoms with Crippen LogP contribution in [-0.4, -0.2) is 23.0 Å². The first-order chi connectivity index (χ1) is 18.0. The smallest absolute Gasteiger partial charge is 0.282 e. The summed E-state index contributed by atoms with van der Waals surface area (Å²) >= 11 is 9.49. The van der Waals surface area contributed by atoms with E-state index in [1.165, 1.54) is 11.1 Å². The Labute approximate surface area is 229 Å². The van der Waals surface area contributed by atoms with E-state index in [4.69, 9.17) is 26.1 Å². The lowest BCUT2D eigenvalue weighted by molar-refractivity contribution is 0.284. The van der Waals surface area contributed by atoms with Crippen LogP contribution in [0.4, 0.5) is 0 Å². The van der Waals surface area contributed by atoms with E-state index >= 15 is 0 Å². The highest BCUT2D eigenvalue weighted by atomic mass is 79.9. The van der Waals surface area contributed by atoms with Crippen molar-refractivity contribution in [3.05, 3.63) is 97.5 Å². The Morgan fingerprint density at radius 2 is 1.89 bits per heavy atom. The number of nitrogens with zero attached hydrogens (tertiary/aromatic N) is 3. The molecule has 37 heavy (non-hydrogen) atoms. The largest absolute Gasteiger partial charge is 0.493 e. The Bertz CT molecular complexity index is 1500. The molecule has 1 heterocycles. The molecule has 0 unspecified atom stereocenters. The zero-order valence-corrected chi connectivity index (χ0v) is 22.8. The Balaban J connectivity index is 1.55. The number of ether oxygens (including phenoxy) is 2. The normalized spacial score (nSPS) is 14.4. The molecule has 190 valence electrons. The molecule has 0 spiro atoms. The molecule has 0 saturated heterocycles. The van der Waals surface area contributed by atoms with Crippen LogP contribution in [0.5, 0.6) is 11.5 Å². The van der Waals surface area contributed by atoms with E-state index in [1.807, 2.05) is 54.6 Å². The predicted octanol–water partition coefficient (Wildman–Crippen LogP) is 7.33. The molecule has 0 bridgehead atoms. The second-order valence-electron chi connectivity index (χ2n) is 9.12. The molecular weight excluding hydrogens is 554 g/mol. The van der Waals surface area contributed by atoms with Crippen LogP contribution in [0, 0.1) is 0 Å². The third-order valence-electron chi connectivity index (χ3n) is 6.64. The zero-order valence-electron chi connectivity index (χ0n) is 20.5. The predicted molar refractivity (Wildman–Crippen MR) is 151 cm³/mol. The highest BCUT2D eigenvalue weighted by Crippen LogP contribution is 2.33. The summed E-state index contributed by atoms with van der Waals surface area (Å²) in [6.07, 6.45) is 7.11. The number of fused-ring (bicyclic) bond motifs is 1. The molecule has 0 atom stereocenters. The van der Waals surface area contributed by atoms with Crippen LogP contribution < -0.4 is 15.0 Å². The third-order valence-corrected chi connectivity index (χ3v) is 7.39. The van der Waals surface area contributed by atoms with Crippen molar-refractivity contribution in [2.24, 2.45) is 5.10 Å². The minimum Gasteiger partial charge on any atom is -0.493 e. The monoisotopic (exact) mass is 579 g/mol. The molecule has 0 amide bonds. The maximum Gasteiger partial charge on any atom is 0.282 e. The van der Waals surface area contributed by atoms with Crippen molar-refractivity contribution in [2.75, 3.05) is 7.11 Å². The van der Waals surface area contributed by atoms with Crippen molar-refractivity contribution < 1.29 is 9.47 Å². The minimum absolute atomic E-state index is 0.186. The van der Waals surface area contributed by atoms with Gasteiger partial charge in [0, 0.05) is 21.0 Å². The number of benzene rings is 3. The zero-order chi connectivity index (χ0) is 25.8. The summed E-state index contributed by atoms with van der Waals surface area (Å²) < 4.78 is 14.0.